The van der Waals surface area contributed by atoms with Gasteiger partial charge in [-0.05, 0) is 25.9 Å². The van der Waals surface area contributed by atoms with Gasteiger partial charge in [-0.1, -0.05) is 0 Å². The van der Waals surface area contributed by atoms with E-state index in [1.807, 2.05) is 0 Å². The second-order valence-corrected chi connectivity index (χ2v) is 3.04. The van der Waals surface area contributed by atoms with Crippen LogP contribution in [0.15, 0.2) is 0 Å². The second-order valence-electron chi connectivity index (χ2n) is 2.77. The van der Waals surface area contributed by atoms with E-state index in [0.717, 1.165) is 25.9 Å². The molecule has 1 aliphatic heterocycles. The molecular formula is C7H14ClNO. The lowest BCUT2D eigenvalue weighted by molar-refractivity contribution is -0.0147. The minimum Gasteiger partial charge on any atom is -0.377 e. The van der Waals surface area contributed by atoms with Crippen LogP contribution in [0.1, 0.15) is 12.8 Å². The summed E-state index contributed by atoms with van der Waals surface area (Å²) in [5.74, 6) is 0.616. The zero-order chi connectivity index (χ0) is 7.45. The lowest BCUT2D eigenvalue weighted by Gasteiger charge is -2.34. The van der Waals surface area contributed by atoms with Crippen molar-refractivity contribution in [3.63, 3.8) is 0 Å². The van der Waals surface area contributed by atoms with E-state index in [4.69, 9.17) is 16.3 Å². The van der Waals surface area contributed by atoms with Gasteiger partial charge in [-0.2, -0.15) is 0 Å². The van der Waals surface area contributed by atoms with E-state index >= 15 is 0 Å². The topological polar surface area (TPSA) is 21.3 Å². The highest BCUT2D eigenvalue weighted by Gasteiger charge is 2.30. The maximum absolute atomic E-state index is 5.78. The molecule has 0 saturated carbocycles. The van der Waals surface area contributed by atoms with Crippen LogP contribution in [0.4, 0.5) is 0 Å². The molecule has 2 nitrogen and oxygen atoms in total. The Bertz CT molecular complexity index is 95.8. The number of methoxy groups -OCH3 is 1. The van der Waals surface area contributed by atoms with Gasteiger partial charge in [0.05, 0.1) is 11.5 Å². The minimum absolute atomic E-state index is 0.0349. The Morgan fingerprint density at radius 2 is 2.10 bits per heavy atom. The van der Waals surface area contributed by atoms with Crippen LogP contribution in [0.3, 0.4) is 0 Å². The van der Waals surface area contributed by atoms with Crippen LogP contribution in [-0.2, 0) is 4.74 Å². The van der Waals surface area contributed by atoms with E-state index in [0.29, 0.717) is 5.88 Å². The normalized spacial score (nSPS) is 24.6. The molecule has 1 heterocycles. The first-order valence-corrected chi connectivity index (χ1v) is 4.18. The van der Waals surface area contributed by atoms with E-state index in [1.165, 1.54) is 0 Å². The fraction of sp³-hybridized carbons (Fsp3) is 1.00. The molecule has 0 bridgehead atoms. The van der Waals surface area contributed by atoms with Gasteiger partial charge in [0.2, 0.25) is 0 Å². The van der Waals surface area contributed by atoms with Crippen molar-refractivity contribution in [2.45, 2.75) is 18.4 Å². The highest BCUT2D eigenvalue weighted by molar-refractivity contribution is 6.18. The summed E-state index contributed by atoms with van der Waals surface area (Å²) in [6, 6.07) is 0. The van der Waals surface area contributed by atoms with Gasteiger partial charge in [0.25, 0.3) is 0 Å². The highest BCUT2D eigenvalue weighted by atomic mass is 35.5. The van der Waals surface area contributed by atoms with Gasteiger partial charge < -0.3 is 10.1 Å². The number of nitrogens with one attached hydrogen (secondary N) is 1. The summed E-state index contributed by atoms with van der Waals surface area (Å²) in [5, 5.41) is 3.27. The summed E-state index contributed by atoms with van der Waals surface area (Å²) >= 11 is 5.78. The largest absolute Gasteiger partial charge is 0.377 e. The predicted octanol–water partition coefficient (Wildman–Crippen LogP) is 0.994. The first kappa shape index (κ1) is 8.31. The van der Waals surface area contributed by atoms with Crippen LogP contribution in [-0.4, -0.2) is 31.7 Å². The molecule has 0 amide bonds. The Labute approximate surface area is 66.9 Å². The van der Waals surface area contributed by atoms with E-state index < -0.39 is 0 Å². The highest BCUT2D eigenvalue weighted by Crippen LogP contribution is 2.23. The first-order valence-electron chi connectivity index (χ1n) is 3.65. The standard InChI is InChI=1S/C7H14ClNO/c1-10-7(6-8)2-4-9-5-3-7/h9H,2-6H2,1H3. The van der Waals surface area contributed by atoms with Gasteiger partial charge >= 0.3 is 0 Å². The van der Waals surface area contributed by atoms with Crippen LogP contribution < -0.4 is 5.32 Å². The Morgan fingerprint density at radius 1 is 1.50 bits per heavy atom. The van der Waals surface area contributed by atoms with Crippen LogP contribution >= 0.6 is 11.6 Å². The third kappa shape index (κ3) is 1.62. The van der Waals surface area contributed by atoms with Gasteiger partial charge in [-0.15, -0.1) is 11.6 Å². The molecule has 1 saturated heterocycles. The predicted molar refractivity (Wildman–Crippen MR) is 42.6 cm³/mol. The van der Waals surface area contributed by atoms with Crippen molar-refractivity contribution in [1.82, 2.24) is 5.32 Å². The summed E-state index contributed by atoms with van der Waals surface area (Å²) in [7, 11) is 1.74. The quantitative estimate of drug-likeness (QED) is 0.614. The molecule has 0 aromatic rings. The first-order chi connectivity index (χ1) is 4.83. The smallest absolute Gasteiger partial charge is 0.0837 e. The SMILES string of the molecule is COC1(CCl)CCNCC1. The molecule has 0 aromatic carbocycles. The van der Waals surface area contributed by atoms with E-state index in [2.05, 4.69) is 5.32 Å². The average molecular weight is 164 g/mol. The van der Waals surface area contributed by atoms with Gasteiger partial charge in [0.15, 0.2) is 0 Å². The second kappa shape index (κ2) is 3.56. The van der Waals surface area contributed by atoms with Crippen molar-refractivity contribution >= 4 is 11.6 Å². The van der Waals surface area contributed by atoms with Crippen LogP contribution in [0.2, 0.25) is 0 Å². The molecule has 0 aromatic heterocycles. The zero-order valence-corrected chi connectivity index (χ0v) is 7.08. The third-order valence-corrected chi connectivity index (χ3v) is 2.68. The van der Waals surface area contributed by atoms with Crippen molar-refractivity contribution < 1.29 is 4.74 Å². The third-order valence-electron chi connectivity index (χ3n) is 2.19. The molecule has 1 N–H and O–H groups in total. The van der Waals surface area contributed by atoms with Crippen LogP contribution in [0.5, 0.6) is 0 Å². The number of rotatable bonds is 2. The van der Waals surface area contributed by atoms with Crippen LogP contribution in [0.25, 0.3) is 0 Å². The van der Waals surface area contributed by atoms with Crippen molar-refractivity contribution in [1.29, 1.82) is 0 Å². The number of halogens is 1. The summed E-state index contributed by atoms with van der Waals surface area (Å²) in [6.07, 6.45) is 2.07. The monoisotopic (exact) mass is 163 g/mol. The van der Waals surface area contributed by atoms with Crippen molar-refractivity contribution in [3.8, 4) is 0 Å². The van der Waals surface area contributed by atoms with E-state index in [9.17, 15) is 0 Å². The Kier molecular flexibility index (Phi) is 2.96. The molecule has 10 heavy (non-hydrogen) atoms. The molecule has 0 unspecified atom stereocenters. The van der Waals surface area contributed by atoms with E-state index in [-0.39, 0.29) is 5.60 Å². The fourth-order valence-electron chi connectivity index (χ4n) is 1.27. The van der Waals surface area contributed by atoms with Crippen molar-refractivity contribution in [3.05, 3.63) is 0 Å². The Hall–Kier alpha value is 0.210. The number of piperidine rings is 1. The molecule has 1 fully saturated rings. The van der Waals surface area contributed by atoms with Crippen molar-refractivity contribution in [2.75, 3.05) is 26.1 Å². The van der Waals surface area contributed by atoms with Gasteiger partial charge in [-0.3, -0.25) is 0 Å². The van der Waals surface area contributed by atoms with Crippen LogP contribution in [0, 0.1) is 0 Å². The Morgan fingerprint density at radius 3 is 2.40 bits per heavy atom. The lowest BCUT2D eigenvalue weighted by atomic mass is 9.94. The summed E-state index contributed by atoms with van der Waals surface area (Å²) in [5.41, 5.74) is -0.0349. The lowest BCUT2D eigenvalue weighted by Crippen LogP contribution is -2.44. The molecule has 0 aliphatic carbocycles. The molecule has 60 valence electrons. The molecule has 1 rings (SSSR count). The number of hydrogen-bond donors (Lipinski definition) is 1. The maximum Gasteiger partial charge on any atom is 0.0837 e. The average Bonchev–Trinajstić information content (AvgIpc) is 2.06. The summed E-state index contributed by atoms with van der Waals surface area (Å²) < 4.78 is 5.36. The molecule has 0 atom stereocenters. The number of alkyl halides is 1. The van der Waals surface area contributed by atoms with Gasteiger partial charge in [-0.25, -0.2) is 0 Å². The van der Waals surface area contributed by atoms with E-state index in [1.54, 1.807) is 7.11 Å². The summed E-state index contributed by atoms with van der Waals surface area (Å²) in [4.78, 5) is 0. The van der Waals surface area contributed by atoms with Gasteiger partial charge in [0.1, 0.15) is 0 Å². The zero-order valence-electron chi connectivity index (χ0n) is 6.32. The molecular weight excluding hydrogens is 150 g/mol. The van der Waals surface area contributed by atoms with Crippen molar-refractivity contribution in [2.24, 2.45) is 0 Å². The molecule has 3 heteroatoms. The molecule has 1 aliphatic rings. The van der Waals surface area contributed by atoms with Gasteiger partial charge in [0, 0.05) is 7.11 Å². The number of ether oxygens (including phenoxy) is 1. The molecule has 0 spiro atoms. The fourth-order valence-corrected chi connectivity index (χ4v) is 1.65. The number of hydrogen-bond acceptors (Lipinski definition) is 2. The minimum atomic E-state index is -0.0349. The maximum atomic E-state index is 5.78. The Balaban J connectivity index is 2.44. The molecule has 0 radical (unpaired) electrons. The summed E-state index contributed by atoms with van der Waals surface area (Å²) in [6.45, 7) is 2.06.